The van der Waals surface area contributed by atoms with Gasteiger partial charge in [-0.25, -0.2) is 0 Å². The Kier molecular flexibility index (Phi) is 3.30. The molecule has 0 aromatic rings. The molecule has 0 aromatic heterocycles. The zero-order valence-corrected chi connectivity index (χ0v) is 9.66. The van der Waals surface area contributed by atoms with Crippen molar-refractivity contribution in [2.75, 3.05) is 13.1 Å². The number of thiocarbonyl (C=S) groups is 1. The highest BCUT2D eigenvalue weighted by atomic mass is 32.1. The third kappa shape index (κ3) is 3.24. The molecule has 3 heteroatoms. The maximum absolute atomic E-state index is 5.53. The minimum absolute atomic E-state index is 0.477. The second-order valence-corrected chi connectivity index (χ2v) is 5.43. The van der Waals surface area contributed by atoms with E-state index >= 15 is 0 Å². The highest BCUT2D eigenvalue weighted by Gasteiger charge is 2.31. The van der Waals surface area contributed by atoms with Crippen LogP contribution in [0.5, 0.6) is 0 Å². The molecular formula is C10H20N2S. The highest BCUT2D eigenvalue weighted by Crippen LogP contribution is 2.30. The van der Waals surface area contributed by atoms with Crippen molar-refractivity contribution in [2.45, 2.75) is 39.7 Å². The van der Waals surface area contributed by atoms with Crippen LogP contribution >= 0.6 is 12.2 Å². The van der Waals surface area contributed by atoms with Gasteiger partial charge in [-0.2, -0.15) is 0 Å². The van der Waals surface area contributed by atoms with Crippen LogP contribution in [-0.2, 0) is 0 Å². The Morgan fingerprint density at radius 1 is 1.62 bits per heavy atom. The minimum Gasteiger partial charge on any atom is -0.393 e. The van der Waals surface area contributed by atoms with Crippen molar-refractivity contribution in [2.24, 2.45) is 11.1 Å². The van der Waals surface area contributed by atoms with E-state index in [2.05, 4.69) is 25.7 Å². The molecule has 0 aliphatic carbocycles. The molecule has 1 rings (SSSR count). The lowest BCUT2D eigenvalue weighted by atomic mass is 9.93. The zero-order valence-electron chi connectivity index (χ0n) is 8.84. The van der Waals surface area contributed by atoms with Crippen LogP contribution in [0, 0.1) is 5.41 Å². The Morgan fingerprint density at radius 2 is 2.23 bits per heavy atom. The molecule has 13 heavy (non-hydrogen) atoms. The molecule has 0 spiro atoms. The smallest absolute Gasteiger partial charge is 0.0742 e. The van der Waals surface area contributed by atoms with E-state index in [0.717, 1.165) is 6.42 Å². The monoisotopic (exact) mass is 200 g/mol. The summed E-state index contributed by atoms with van der Waals surface area (Å²) in [5, 5.41) is 0. The molecule has 1 fully saturated rings. The van der Waals surface area contributed by atoms with Gasteiger partial charge in [0, 0.05) is 19.0 Å². The van der Waals surface area contributed by atoms with Crippen LogP contribution < -0.4 is 5.73 Å². The van der Waals surface area contributed by atoms with Gasteiger partial charge in [0.15, 0.2) is 0 Å². The average Bonchev–Trinajstić information content (AvgIpc) is 2.28. The molecule has 0 bridgehead atoms. The molecule has 0 amide bonds. The van der Waals surface area contributed by atoms with Crippen LogP contribution in [0.3, 0.4) is 0 Å². The Bertz CT molecular complexity index is 201. The molecule has 76 valence electrons. The number of nitrogens with two attached hydrogens (primary N) is 1. The fourth-order valence-electron chi connectivity index (χ4n) is 1.95. The lowest BCUT2D eigenvalue weighted by Gasteiger charge is -2.25. The van der Waals surface area contributed by atoms with E-state index in [1.807, 2.05) is 0 Å². The fraction of sp³-hybridized carbons (Fsp3) is 0.900. The van der Waals surface area contributed by atoms with Crippen LogP contribution in [0.15, 0.2) is 0 Å². The van der Waals surface area contributed by atoms with Crippen LogP contribution in [-0.4, -0.2) is 29.0 Å². The van der Waals surface area contributed by atoms with Gasteiger partial charge in [-0.1, -0.05) is 26.1 Å². The zero-order chi connectivity index (χ0) is 10.1. The van der Waals surface area contributed by atoms with Crippen molar-refractivity contribution in [3.8, 4) is 0 Å². The number of hydrogen-bond acceptors (Lipinski definition) is 2. The molecule has 1 heterocycles. The molecule has 0 aromatic carbocycles. The summed E-state index contributed by atoms with van der Waals surface area (Å²) in [6.45, 7) is 9.22. The van der Waals surface area contributed by atoms with E-state index in [4.69, 9.17) is 18.0 Å². The van der Waals surface area contributed by atoms with Crippen molar-refractivity contribution in [1.82, 2.24) is 4.90 Å². The number of rotatable bonds is 3. The summed E-state index contributed by atoms with van der Waals surface area (Å²) < 4.78 is 0. The molecule has 1 aliphatic rings. The van der Waals surface area contributed by atoms with Gasteiger partial charge in [-0.05, 0) is 25.3 Å². The maximum Gasteiger partial charge on any atom is 0.0742 e. The summed E-state index contributed by atoms with van der Waals surface area (Å²) in [5.74, 6) is 0. The van der Waals surface area contributed by atoms with Gasteiger partial charge in [0.2, 0.25) is 0 Å². The van der Waals surface area contributed by atoms with Gasteiger partial charge >= 0.3 is 0 Å². The van der Waals surface area contributed by atoms with Crippen molar-refractivity contribution in [1.29, 1.82) is 0 Å². The molecule has 1 saturated heterocycles. The molecule has 1 unspecified atom stereocenters. The summed E-state index contributed by atoms with van der Waals surface area (Å²) in [7, 11) is 0. The van der Waals surface area contributed by atoms with Gasteiger partial charge in [0.1, 0.15) is 0 Å². The Hall–Kier alpha value is -0.150. The van der Waals surface area contributed by atoms with Gasteiger partial charge < -0.3 is 5.73 Å². The number of nitrogens with zero attached hydrogens (tertiary/aromatic N) is 1. The average molecular weight is 200 g/mol. The first-order valence-corrected chi connectivity index (χ1v) is 5.34. The van der Waals surface area contributed by atoms with Crippen molar-refractivity contribution in [3.05, 3.63) is 0 Å². The highest BCUT2D eigenvalue weighted by molar-refractivity contribution is 7.80. The van der Waals surface area contributed by atoms with Gasteiger partial charge in [-0.3, -0.25) is 4.90 Å². The third-order valence-corrected chi connectivity index (χ3v) is 2.99. The first-order chi connectivity index (χ1) is 5.91. The predicted octanol–water partition coefficient (Wildman–Crippen LogP) is 1.78. The summed E-state index contributed by atoms with van der Waals surface area (Å²) in [5.41, 5.74) is 6.01. The minimum atomic E-state index is 0.477. The predicted molar refractivity (Wildman–Crippen MR) is 60.8 cm³/mol. The first-order valence-electron chi connectivity index (χ1n) is 4.93. The van der Waals surface area contributed by atoms with Crippen LogP contribution in [0.1, 0.15) is 33.6 Å². The molecule has 2 N–H and O–H groups in total. The molecule has 0 radical (unpaired) electrons. The van der Waals surface area contributed by atoms with Crippen LogP contribution in [0.25, 0.3) is 0 Å². The summed E-state index contributed by atoms with van der Waals surface area (Å²) in [4.78, 5) is 3.12. The number of likely N-dealkylation sites (tertiary alicyclic amines) is 1. The third-order valence-electron chi connectivity index (χ3n) is 2.83. The van der Waals surface area contributed by atoms with E-state index in [1.54, 1.807) is 0 Å². The van der Waals surface area contributed by atoms with Gasteiger partial charge in [0.05, 0.1) is 4.99 Å². The molecule has 2 nitrogen and oxygen atoms in total. The first kappa shape index (κ1) is 10.9. The second kappa shape index (κ2) is 3.93. The standard InChI is InChI=1S/C10H20N2S/c1-8(6-9(11)13)12-5-4-10(2,3)7-12/h8H,4-7H2,1-3H3,(H2,11,13). The summed E-state index contributed by atoms with van der Waals surface area (Å²) in [6, 6.07) is 0.513. The molecular weight excluding hydrogens is 180 g/mol. The van der Waals surface area contributed by atoms with Crippen molar-refractivity contribution < 1.29 is 0 Å². The fourth-order valence-corrected chi connectivity index (χ4v) is 2.19. The van der Waals surface area contributed by atoms with E-state index in [9.17, 15) is 0 Å². The SMILES string of the molecule is CC(CC(N)=S)N1CCC(C)(C)C1. The van der Waals surface area contributed by atoms with Crippen LogP contribution in [0.4, 0.5) is 0 Å². The molecule has 0 saturated carbocycles. The van der Waals surface area contributed by atoms with Gasteiger partial charge in [-0.15, -0.1) is 0 Å². The molecule has 1 atom stereocenters. The quantitative estimate of drug-likeness (QED) is 0.704. The maximum atomic E-state index is 5.53. The summed E-state index contributed by atoms with van der Waals surface area (Å²) in [6.07, 6.45) is 2.14. The van der Waals surface area contributed by atoms with E-state index in [1.165, 1.54) is 19.5 Å². The topological polar surface area (TPSA) is 29.3 Å². The molecule has 1 aliphatic heterocycles. The lowest BCUT2D eigenvalue weighted by Crippen LogP contribution is -2.35. The second-order valence-electron chi connectivity index (χ2n) is 4.90. The van der Waals surface area contributed by atoms with Gasteiger partial charge in [0.25, 0.3) is 0 Å². The largest absolute Gasteiger partial charge is 0.393 e. The lowest BCUT2D eigenvalue weighted by molar-refractivity contribution is 0.235. The van der Waals surface area contributed by atoms with Crippen molar-refractivity contribution in [3.63, 3.8) is 0 Å². The Morgan fingerprint density at radius 3 is 2.62 bits per heavy atom. The summed E-state index contributed by atoms with van der Waals surface area (Å²) >= 11 is 4.92. The normalized spacial score (nSPS) is 24.5. The Balaban J connectivity index is 2.42. The van der Waals surface area contributed by atoms with E-state index < -0.39 is 0 Å². The Labute approximate surface area is 86.5 Å². The van der Waals surface area contributed by atoms with Crippen LogP contribution in [0.2, 0.25) is 0 Å². The van der Waals surface area contributed by atoms with E-state index in [-0.39, 0.29) is 0 Å². The van der Waals surface area contributed by atoms with E-state index in [0.29, 0.717) is 16.4 Å². The number of hydrogen-bond donors (Lipinski definition) is 1. The van der Waals surface area contributed by atoms with Crippen molar-refractivity contribution >= 4 is 17.2 Å².